The molecule has 0 aliphatic carbocycles. The molecule has 0 saturated carbocycles. The minimum absolute atomic E-state index is 0.0151. The molecule has 124 valence electrons. The highest BCUT2D eigenvalue weighted by atomic mass is 32.1. The summed E-state index contributed by atoms with van der Waals surface area (Å²) in [6.45, 7) is 5.12. The van der Waals surface area contributed by atoms with Crippen LogP contribution in [0, 0.1) is 5.92 Å². The molecule has 1 amide bonds. The molecule has 1 aromatic carbocycles. The predicted octanol–water partition coefficient (Wildman–Crippen LogP) is 3.81. The van der Waals surface area contributed by atoms with E-state index in [0.717, 1.165) is 24.9 Å². The molecule has 0 bridgehead atoms. The molecule has 1 aliphatic heterocycles. The number of para-hydroxylation sites is 1. The summed E-state index contributed by atoms with van der Waals surface area (Å²) in [4.78, 5) is 18.4. The number of aromatic amines is 1. The van der Waals surface area contributed by atoms with Crippen molar-refractivity contribution >= 4 is 28.3 Å². The second-order valence-electron chi connectivity index (χ2n) is 6.75. The zero-order chi connectivity index (χ0) is 16.7. The molecule has 1 aliphatic rings. The number of nitrogens with one attached hydrogen (secondary N) is 1. The predicted molar refractivity (Wildman–Crippen MR) is 95.1 cm³/mol. The molecule has 0 fully saturated rings. The van der Waals surface area contributed by atoms with Gasteiger partial charge in [-0.25, -0.2) is 0 Å². The molecule has 6 heteroatoms. The maximum atomic E-state index is 12.9. The number of rotatable bonds is 3. The number of carbonyl (C=O) groups excluding carboxylic acids is 1. The van der Waals surface area contributed by atoms with Crippen LogP contribution in [0.1, 0.15) is 48.1 Å². The number of H-pyrrole nitrogens is 1. The number of benzene rings is 1. The van der Waals surface area contributed by atoms with E-state index in [2.05, 4.69) is 46.6 Å². The third-order valence-corrected chi connectivity index (χ3v) is 5.20. The molecule has 3 heterocycles. The molecule has 0 unspecified atom stereocenters. The van der Waals surface area contributed by atoms with Gasteiger partial charge < -0.3 is 9.88 Å². The quantitative estimate of drug-likeness (QED) is 0.789. The first-order valence-corrected chi connectivity index (χ1v) is 9.16. The van der Waals surface area contributed by atoms with Gasteiger partial charge in [-0.2, -0.15) is 0 Å². The first-order valence-electron chi connectivity index (χ1n) is 8.32. The van der Waals surface area contributed by atoms with Gasteiger partial charge in [0.25, 0.3) is 5.91 Å². The van der Waals surface area contributed by atoms with Crippen LogP contribution in [-0.4, -0.2) is 31.9 Å². The average Bonchev–Trinajstić information content (AvgIpc) is 3.22. The standard InChI is InChI=1S/C18H20N4OS/c1-11(2)9-16-17-13(12-5-3-4-6-14(12)19-17)7-8-22(16)18(23)15-10-24-21-20-15/h3-6,10-11,16,19H,7-9H2,1-2H3/t16-/m0/s1. The van der Waals surface area contributed by atoms with Gasteiger partial charge >= 0.3 is 0 Å². The second-order valence-corrected chi connectivity index (χ2v) is 7.36. The van der Waals surface area contributed by atoms with Crippen LogP contribution in [0.4, 0.5) is 0 Å². The van der Waals surface area contributed by atoms with Crippen LogP contribution in [0.25, 0.3) is 10.9 Å². The maximum absolute atomic E-state index is 12.9. The molecule has 24 heavy (non-hydrogen) atoms. The molecule has 4 rings (SSSR count). The van der Waals surface area contributed by atoms with Gasteiger partial charge in [0.15, 0.2) is 5.69 Å². The molecule has 3 aromatic rings. The van der Waals surface area contributed by atoms with Crippen molar-refractivity contribution in [1.82, 2.24) is 19.5 Å². The number of aromatic nitrogens is 3. The molecule has 0 spiro atoms. The Bertz CT molecular complexity index is 868. The van der Waals surface area contributed by atoms with Crippen LogP contribution in [0.2, 0.25) is 0 Å². The lowest BCUT2D eigenvalue weighted by Crippen LogP contribution is -2.40. The summed E-state index contributed by atoms with van der Waals surface area (Å²) in [6.07, 6.45) is 1.81. The van der Waals surface area contributed by atoms with Gasteiger partial charge in [-0.15, -0.1) is 5.10 Å². The van der Waals surface area contributed by atoms with Crippen molar-refractivity contribution in [2.45, 2.75) is 32.7 Å². The van der Waals surface area contributed by atoms with Gasteiger partial charge in [-0.1, -0.05) is 36.5 Å². The number of carbonyl (C=O) groups is 1. The molecule has 2 aromatic heterocycles. The topological polar surface area (TPSA) is 61.9 Å². The highest BCUT2D eigenvalue weighted by Crippen LogP contribution is 2.38. The minimum atomic E-state index is -0.0151. The molecular weight excluding hydrogens is 320 g/mol. The summed E-state index contributed by atoms with van der Waals surface area (Å²) in [5, 5.41) is 6.98. The fraction of sp³-hybridized carbons (Fsp3) is 0.389. The third kappa shape index (κ3) is 2.51. The fourth-order valence-electron chi connectivity index (χ4n) is 3.66. The molecular formula is C18H20N4OS. The Labute approximate surface area is 144 Å². The normalized spacial score (nSPS) is 17.5. The highest BCUT2D eigenvalue weighted by Gasteiger charge is 2.34. The van der Waals surface area contributed by atoms with Gasteiger partial charge in [0, 0.05) is 28.5 Å². The number of nitrogens with zero attached hydrogens (tertiary/aromatic N) is 3. The number of amides is 1. The van der Waals surface area contributed by atoms with Crippen LogP contribution in [0.5, 0.6) is 0 Å². The molecule has 1 atom stereocenters. The van der Waals surface area contributed by atoms with Gasteiger partial charge in [-0.3, -0.25) is 4.79 Å². The van der Waals surface area contributed by atoms with E-state index in [9.17, 15) is 4.79 Å². The summed E-state index contributed by atoms with van der Waals surface area (Å²) in [6, 6.07) is 8.46. The molecule has 0 saturated heterocycles. The fourth-order valence-corrected chi connectivity index (χ4v) is 4.09. The number of hydrogen-bond donors (Lipinski definition) is 1. The Hall–Kier alpha value is -2.21. The van der Waals surface area contributed by atoms with E-state index in [1.165, 1.54) is 28.2 Å². The third-order valence-electron chi connectivity index (χ3n) is 4.69. The lowest BCUT2D eigenvalue weighted by molar-refractivity contribution is 0.0626. The van der Waals surface area contributed by atoms with Crippen LogP contribution < -0.4 is 0 Å². The zero-order valence-electron chi connectivity index (χ0n) is 13.8. The van der Waals surface area contributed by atoms with Gasteiger partial charge in [0.2, 0.25) is 0 Å². The first kappa shape index (κ1) is 15.3. The lowest BCUT2D eigenvalue weighted by Gasteiger charge is -2.36. The van der Waals surface area contributed by atoms with E-state index < -0.39 is 0 Å². The Balaban J connectivity index is 1.78. The van der Waals surface area contributed by atoms with Crippen LogP contribution >= 0.6 is 11.5 Å². The van der Waals surface area contributed by atoms with E-state index in [1.54, 1.807) is 5.38 Å². The highest BCUT2D eigenvalue weighted by molar-refractivity contribution is 7.03. The SMILES string of the molecule is CC(C)C[C@H]1c2[nH]c3ccccc3c2CCN1C(=O)c1csnn1. The second kappa shape index (κ2) is 6.02. The Kier molecular flexibility index (Phi) is 3.84. The van der Waals surface area contributed by atoms with Crippen molar-refractivity contribution < 1.29 is 4.79 Å². The Morgan fingerprint density at radius 1 is 1.42 bits per heavy atom. The Morgan fingerprint density at radius 2 is 2.25 bits per heavy atom. The van der Waals surface area contributed by atoms with E-state index >= 15 is 0 Å². The van der Waals surface area contributed by atoms with Gasteiger partial charge in [0.05, 0.1) is 6.04 Å². The first-order chi connectivity index (χ1) is 11.6. The summed E-state index contributed by atoms with van der Waals surface area (Å²) in [7, 11) is 0. The van der Waals surface area contributed by atoms with E-state index in [-0.39, 0.29) is 11.9 Å². The molecule has 0 radical (unpaired) electrons. The van der Waals surface area contributed by atoms with Crippen LogP contribution in [0.3, 0.4) is 0 Å². The number of hydrogen-bond acceptors (Lipinski definition) is 4. The smallest absolute Gasteiger partial charge is 0.275 e. The van der Waals surface area contributed by atoms with E-state index in [4.69, 9.17) is 0 Å². The van der Waals surface area contributed by atoms with Crippen LogP contribution in [0.15, 0.2) is 29.6 Å². The van der Waals surface area contributed by atoms with Gasteiger partial charge in [0.1, 0.15) is 0 Å². The van der Waals surface area contributed by atoms with Crippen molar-refractivity contribution in [2.75, 3.05) is 6.54 Å². The average molecular weight is 340 g/mol. The van der Waals surface area contributed by atoms with Gasteiger partial charge in [-0.05, 0) is 41.9 Å². The van der Waals surface area contributed by atoms with E-state index in [1.807, 2.05) is 11.0 Å². The molecule has 5 nitrogen and oxygen atoms in total. The van der Waals surface area contributed by atoms with Crippen LogP contribution in [-0.2, 0) is 6.42 Å². The summed E-state index contributed by atoms with van der Waals surface area (Å²) in [5.74, 6) is 0.481. The lowest BCUT2D eigenvalue weighted by atomic mass is 9.91. The summed E-state index contributed by atoms with van der Waals surface area (Å²) < 4.78 is 3.84. The van der Waals surface area contributed by atoms with Crippen molar-refractivity contribution in [2.24, 2.45) is 5.92 Å². The molecule has 1 N–H and O–H groups in total. The summed E-state index contributed by atoms with van der Waals surface area (Å²) >= 11 is 1.22. The summed E-state index contributed by atoms with van der Waals surface area (Å²) in [5.41, 5.74) is 4.15. The largest absolute Gasteiger partial charge is 0.356 e. The van der Waals surface area contributed by atoms with Crippen molar-refractivity contribution in [3.05, 3.63) is 46.6 Å². The van der Waals surface area contributed by atoms with Crippen molar-refractivity contribution in [1.29, 1.82) is 0 Å². The number of fused-ring (bicyclic) bond motifs is 3. The maximum Gasteiger partial charge on any atom is 0.275 e. The zero-order valence-corrected chi connectivity index (χ0v) is 14.6. The van der Waals surface area contributed by atoms with Crippen molar-refractivity contribution in [3.63, 3.8) is 0 Å². The Morgan fingerprint density at radius 3 is 3.00 bits per heavy atom. The minimum Gasteiger partial charge on any atom is -0.356 e. The monoisotopic (exact) mass is 340 g/mol. The van der Waals surface area contributed by atoms with E-state index in [0.29, 0.717) is 11.6 Å². The van der Waals surface area contributed by atoms with Crippen molar-refractivity contribution in [3.8, 4) is 0 Å².